The van der Waals surface area contributed by atoms with Gasteiger partial charge in [-0.3, -0.25) is 9.59 Å². The van der Waals surface area contributed by atoms with Gasteiger partial charge in [0.2, 0.25) is 11.8 Å². The summed E-state index contributed by atoms with van der Waals surface area (Å²) in [5, 5.41) is 0. The van der Waals surface area contributed by atoms with Gasteiger partial charge >= 0.3 is 0 Å². The Hall–Kier alpha value is -1.10. The number of hydrogen-bond donors (Lipinski definition) is 1. The second kappa shape index (κ2) is 7.48. The quantitative estimate of drug-likeness (QED) is 0.798. The topological polar surface area (TPSA) is 66.6 Å². The van der Waals surface area contributed by atoms with Crippen LogP contribution in [0.5, 0.6) is 0 Å². The molecule has 1 atom stereocenters. The number of piperazine rings is 1. The van der Waals surface area contributed by atoms with E-state index in [9.17, 15) is 9.59 Å². The first-order valence-corrected chi connectivity index (χ1v) is 7.19. The fourth-order valence-corrected chi connectivity index (χ4v) is 2.19. The third-order valence-corrected chi connectivity index (χ3v) is 3.49. The first-order valence-electron chi connectivity index (χ1n) is 7.19. The number of nitrogens with two attached hydrogens (primary N) is 1. The minimum atomic E-state index is 0.161. The van der Waals surface area contributed by atoms with Gasteiger partial charge in [0.25, 0.3) is 0 Å². The average Bonchev–Trinajstić information content (AvgIpc) is 2.37. The molecule has 0 saturated carbocycles. The Morgan fingerprint density at radius 1 is 0.947 bits per heavy atom. The van der Waals surface area contributed by atoms with Crippen molar-refractivity contribution in [3.05, 3.63) is 0 Å². The summed E-state index contributed by atoms with van der Waals surface area (Å²) in [6.07, 6.45) is 1.11. The van der Waals surface area contributed by atoms with Crippen LogP contribution in [-0.2, 0) is 9.59 Å². The van der Waals surface area contributed by atoms with Crippen molar-refractivity contribution in [3.63, 3.8) is 0 Å². The number of nitrogens with zero attached hydrogens (tertiary/aromatic N) is 2. The summed E-state index contributed by atoms with van der Waals surface area (Å²) in [5.41, 5.74) is 5.53. The van der Waals surface area contributed by atoms with Crippen LogP contribution in [-0.4, -0.2) is 54.3 Å². The van der Waals surface area contributed by atoms with Gasteiger partial charge in [-0.2, -0.15) is 0 Å². The number of carbonyl (C=O) groups excluding carboxylic acids is 2. The summed E-state index contributed by atoms with van der Waals surface area (Å²) in [4.78, 5) is 27.6. The number of rotatable bonds is 5. The molecule has 0 aromatic rings. The molecular weight excluding hydrogens is 242 g/mol. The van der Waals surface area contributed by atoms with Gasteiger partial charge in [0.1, 0.15) is 0 Å². The van der Waals surface area contributed by atoms with Crippen LogP contribution < -0.4 is 5.73 Å². The van der Waals surface area contributed by atoms with E-state index < -0.39 is 0 Å². The normalized spacial score (nSPS) is 17.7. The Morgan fingerprint density at radius 2 is 1.37 bits per heavy atom. The van der Waals surface area contributed by atoms with Gasteiger partial charge in [-0.05, 0) is 18.4 Å². The van der Waals surface area contributed by atoms with Crippen molar-refractivity contribution >= 4 is 11.8 Å². The van der Waals surface area contributed by atoms with Gasteiger partial charge in [-0.15, -0.1) is 0 Å². The molecule has 19 heavy (non-hydrogen) atoms. The van der Waals surface area contributed by atoms with E-state index in [-0.39, 0.29) is 17.7 Å². The van der Waals surface area contributed by atoms with Gasteiger partial charge in [0, 0.05) is 39.0 Å². The maximum Gasteiger partial charge on any atom is 0.223 e. The molecule has 0 aromatic heterocycles. The summed E-state index contributed by atoms with van der Waals surface area (Å²) in [6.45, 7) is 9.25. The Morgan fingerprint density at radius 3 is 1.74 bits per heavy atom. The minimum absolute atomic E-state index is 0.161. The highest BCUT2D eigenvalue weighted by molar-refractivity contribution is 5.78. The lowest BCUT2D eigenvalue weighted by Gasteiger charge is -2.35. The van der Waals surface area contributed by atoms with E-state index in [0.29, 0.717) is 51.5 Å². The van der Waals surface area contributed by atoms with Crippen molar-refractivity contribution in [2.45, 2.75) is 33.6 Å². The van der Waals surface area contributed by atoms with Crippen LogP contribution in [0, 0.1) is 11.8 Å². The predicted octanol–water partition coefficient (Wildman–Crippen LogP) is 0.688. The Balaban J connectivity index is 2.36. The molecule has 5 heteroatoms. The van der Waals surface area contributed by atoms with Crippen LogP contribution in [0.1, 0.15) is 33.6 Å². The van der Waals surface area contributed by atoms with Gasteiger partial charge < -0.3 is 15.5 Å². The molecule has 0 aromatic carbocycles. The monoisotopic (exact) mass is 269 g/mol. The van der Waals surface area contributed by atoms with E-state index in [1.165, 1.54) is 0 Å². The SMILES string of the molecule is CC(C)CC(=O)N1CCN(C(=O)CC(C)CN)CC1. The zero-order chi connectivity index (χ0) is 14.4. The number of hydrogen-bond acceptors (Lipinski definition) is 3. The summed E-state index contributed by atoms with van der Waals surface area (Å²) >= 11 is 0. The van der Waals surface area contributed by atoms with Crippen molar-refractivity contribution in [2.24, 2.45) is 17.6 Å². The average molecular weight is 269 g/mol. The molecular formula is C14H27N3O2. The van der Waals surface area contributed by atoms with Crippen LogP contribution in [0.25, 0.3) is 0 Å². The summed E-state index contributed by atoms with van der Waals surface area (Å²) in [7, 11) is 0. The lowest BCUT2D eigenvalue weighted by molar-refractivity contribution is -0.140. The van der Waals surface area contributed by atoms with Crippen molar-refractivity contribution in [1.29, 1.82) is 0 Å². The molecule has 1 aliphatic heterocycles. The van der Waals surface area contributed by atoms with E-state index in [0.717, 1.165) is 0 Å². The molecule has 2 amide bonds. The van der Waals surface area contributed by atoms with Gasteiger partial charge in [-0.1, -0.05) is 20.8 Å². The molecule has 0 bridgehead atoms. The second-order valence-corrected chi connectivity index (χ2v) is 5.90. The van der Waals surface area contributed by atoms with Crippen LogP contribution in [0.15, 0.2) is 0 Å². The zero-order valence-corrected chi connectivity index (χ0v) is 12.4. The standard InChI is InChI=1S/C14H27N3O2/c1-11(2)8-13(18)16-4-6-17(7-5-16)14(19)9-12(3)10-15/h11-12H,4-10,15H2,1-3H3. The van der Waals surface area contributed by atoms with Gasteiger partial charge in [-0.25, -0.2) is 0 Å². The van der Waals surface area contributed by atoms with Crippen molar-refractivity contribution in [2.75, 3.05) is 32.7 Å². The van der Waals surface area contributed by atoms with E-state index in [1.54, 1.807) is 0 Å². The summed E-state index contributed by atoms with van der Waals surface area (Å²) < 4.78 is 0. The molecule has 1 rings (SSSR count). The van der Waals surface area contributed by atoms with E-state index >= 15 is 0 Å². The molecule has 1 fully saturated rings. The van der Waals surface area contributed by atoms with Crippen LogP contribution in [0.3, 0.4) is 0 Å². The van der Waals surface area contributed by atoms with E-state index in [2.05, 4.69) is 0 Å². The van der Waals surface area contributed by atoms with Crippen LogP contribution in [0.4, 0.5) is 0 Å². The molecule has 1 unspecified atom stereocenters. The van der Waals surface area contributed by atoms with E-state index in [1.807, 2.05) is 30.6 Å². The number of amides is 2. The minimum Gasteiger partial charge on any atom is -0.339 e. The molecule has 2 N–H and O–H groups in total. The van der Waals surface area contributed by atoms with Gasteiger partial charge in [0.05, 0.1) is 0 Å². The molecule has 1 saturated heterocycles. The fourth-order valence-electron chi connectivity index (χ4n) is 2.19. The third kappa shape index (κ3) is 5.19. The van der Waals surface area contributed by atoms with Crippen molar-refractivity contribution < 1.29 is 9.59 Å². The smallest absolute Gasteiger partial charge is 0.223 e. The lowest BCUT2D eigenvalue weighted by Crippen LogP contribution is -2.51. The molecule has 1 heterocycles. The van der Waals surface area contributed by atoms with E-state index in [4.69, 9.17) is 5.73 Å². The predicted molar refractivity (Wildman–Crippen MR) is 75.5 cm³/mol. The molecule has 0 radical (unpaired) electrons. The molecule has 5 nitrogen and oxygen atoms in total. The Labute approximate surface area is 116 Å². The molecule has 110 valence electrons. The first kappa shape index (κ1) is 16.0. The molecule has 1 aliphatic rings. The van der Waals surface area contributed by atoms with Crippen LogP contribution in [0.2, 0.25) is 0 Å². The van der Waals surface area contributed by atoms with Gasteiger partial charge in [0.15, 0.2) is 0 Å². The zero-order valence-electron chi connectivity index (χ0n) is 12.4. The first-order chi connectivity index (χ1) is 8.93. The highest BCUT2D eigenvalue weighted by Crippen LogP contribution is 2.10. The molecule has 0 spiro atoms. The Bertz CT molecular complexity index is 310. The second-order valence-electron chi connectivity index (χ2n) is 5.90. The summed E-state index contributed by atoms with van der Waals surface area (Å²) in [5.74, 6) is 0.983. The maximum absolute atomic E-state index is 12.0. The number of carbonyl (C=O) groups is 2. The Kier molecular flexibility index (Phi) is 6.28. The van der Waals surface area contributed by atoms with Crippen molar-refractivity contribution in [3.8, 4) is 0 Å². The lowest BCUT2D eigenvalue weighted by atomic mass is 10.1. The largest absolute Gasteiger partial charge is 0.339 e. The van der Waals surface area contributed by atoms with Crippen LogP contribution >= 0.6 is 0 Å². The summed E-state index contributed by atoms with van der Waals surface area (Å²) in [6, 6.07) is 0. The third-order valence-electron chi connectivity index (χ3n) is 3.49. The highest BCUT2D eigenvalue weighted by atomic mass is 16.2. The fraction of sp³-hybridized carbons (Fsp3) is 0.857. The molecule has 0 aliphatic carbocycles. The highest BCUT2D eigenvalue weighted by Gasteiger charge is 2.24. The maximum atomic E-state index is 12.0. The van der Waals surface area contributed by atoms with Crippen molar-refractivity contribution in [1.82, 2.24) is 9.80 Å².